The monoisotopic (exact) mass is 166 g/mol. The zero-order valence-corrected chi connectivity index (χ0v) is 8.60. The van der Waals surface area contributed by atoms with Gasteiger partial charge in [0.1, 0.15) is 0 Å². The van der Waals surface area contributed by atoms with Gasteiger partial charge >= 0.3 is 0 Å². The molecule has 0 heteroatoms. The minimum atomic E-state index is 1.18. The van der Waals surface area contributed by atoms with Gasteiger partial charge in [-0.15, -0.1) is 6.58 Å². The van der Waals surface area contributed by atoms with Gasteiger partial charge in [-0.3, -0.25) is 0 Å². The minimum absolute atomic E-state index is 1.18. The first kappa shape index (κ1) is 11.5. The molecule has 0 N–H and O–H groups in total. The van der Waals surface area contributed by atoms with Gasteiger partial charge in [-0.25, -0.2) is 0 Å². The molecule has 0 saturated carbocycles. The van der Waals surface area contributed by atoms with Crippen molar-refractivity contribution < 1.29 is 0 Å². The van der Waals surface area contributed by atoms with Crippen LogP contribution in [0, 0.1) is 0 Å². The van der Waals surface area contributed by atoms with Crippen LogP contribution in [-0.4, -0.2) is 0 Å². The second kappa shape index (κ2) is 8.58. The highest BCUT2D eigenvalue weighted by atomic mass is 14.0. The van der Waals surface area contributed by atoms with E-state index in [1.54, 1.807) is 5.57 Å². The minimum Gasteiger partial charge on any atom is -0.103 e. The van der Waals surface area contributed by atoms with E-state index < -0.39 is 0 Å². The Morgan fingerprint density at radius 2 is 2.33 bits per heavy atom. The summed E-state index contributed by atoms with van der Waals surface area (Å²) in [7, 11) is 0. The molecule has 0 fully saturated rings. The average Bonchev–Trinajstić information content (AvgIpc) is 2.53. The van der Waals surface area contributed by atoms with Crippen LogP contribution in [-0.2, 0) is 0 Å². The largest absolute Gasteiger partial charge is 0.103 e. The lowest BCUT2D eigenvalue weighted by Gasteiger charge is -1.81. The molecule has 0 aromatic rings. The van der Waals surface area contributed by atoms with Gasteiger partial charge in [-0.05, 0) is 32.6 Å². The Bertz CT molecular complexity index is 131. The topological polar surface area (TPSA) is 0 Å². The first-order valence-electron chi connectivity index (χ1n) is 5.07. The Kier molecular flexibility index (Phi) is 8.20. The van der Waals surface area contributed by atoms with Gasteiger partial charge in [0.2, 0.25) is 0 Å². The fourth-order valence-electron chi connectivity index (χ4n) is 1.18. The summed E-state index contributed by atoms with van der Waals surface area (Å²) in [5.74, 6) is 0. The highest BCUT2D eigenvalue weighted by molar-refractivity contribution is 5.02. The Balaban J connectivity index is 0.000000202. The Morgan fingerprint density at radius 3 is 2.50 bits per heavy atom. The standard InChI is InChI=1S/C6H10.C6H12/c1-6-4-2-3-5-6;1-3-5-6-4-2/h4H,2-3,5H2,1H3;3H,1,4-6H2,2H3. The van der Waals surface area contributed by atoms with E-state index in [1.807, 2.05) is 6.08 Å². The van der Waals surface area contributed by atoms with Gasteiger partial charge in [-0.2, -0.15) is 0 Å². The van der Waals surface area contributed by atoms with Crippen molar-refractivity contribution in [2.45, 2.75) is 52.4 Å². The van der Waals surface area contributed by atoms with E-state index in [1.165, 1.54) is 38.5 Å². The Hall–Kier alpha value is -0.520. The molecule has 0 aromatic heterocycles. The molecule has 0 unspecified atom stereocenters. The molecule has 70 valence electrons. The first-order chi connectivity index (χ1) is 5.81. The smallest absolute Gasteiger partial charge is 0.0320 e. The van der Waals surface area contributed by atoms with Crippen molar-refractivity contribution in [3.8, 4) is 0 Å². The van der Waals surface area contributed by atoms with Gasteiger partial charge in [0.25, 0.3) is 0 Å². The molecule has 1 aliphatic carbocycles. The molecule has 0 atom stereocenters. The maximum Gasteiger partial charge on any atom is -0.0320 e. The summed E-state index contributed by atoms with van der Waals surface area (Å²) in [5.41, 5.74) is 1.58. The molecule has 1 aliphatic rings. The highest BCUT2D eigenvalue weighted by Crippen LogP contribution is 2.15. The van der Waals surface area contributed by atoms with E-state index in [9.17, 15) is 0 Å². The van der Waals surface area contributed by atoms with E-state index in [0.29, 0.717) is 0 Å². The number of hydrogen-bond acceptors (Lipinski definition) is 0. The molecule has 0 bridgehead atoms. The number of allylic oxidation sites excluding steroid dienone is 3. The molecular formula is C12H22. The molecular weight excluding hydrogens is 144 g/mol. The van der Waals surface area contributed by atoms with E-state index in [0.717, 1.165) is 0 Å². The van der Waals surface area contributed by atoms with Crippen molar-refractivity contribution in [3.05, 3.63) is 24.3 Å². The van der Waals surface area contributed by atoms with Crippen molar-refractivity contribution in [2.24, 2.45) is 0 Å². The van der Waals surface area contributed by atoms with Crippen LogP contribution in [0.25, 0.3) is 0 Å². The third-order valence-corrected chi connectivity index (χ3v) is 2.03. The normalized spacial score (nSPS) is 14.7. The zero-order chi connectivity index (χ0) is 9.23. The molecule has 0 radical (unpaired) electrons. The number of rotatable bonds is 3. The molecule has 0 spiro atoms. The van der Waals surface area contributed by atoms with Crippen LogP contribution in [0.15, 0.2) is 24.3 Å². The maximum absolute atomic E-state index is 3.60. The average molecular weight is 166 g/mol. The molecule has 0 nitrogen and oxygen atoms in total. The molecule has 0 aromatic carbocycles. The van der Waals surface area contributed by atoms with Crippen molar-refractivity contribution in [2.75, 3.05) is 0 Å². The third kappa shape index (κ3) is 7.59. The van der Waals surface area contributed by atoms with E-state index >= 15 is 0 Å². The number of hydrogen-bond donors (Lipinski definition) is 0. The summed E-state index contributed by atoms with van der Waals surface area (Å²) in [6.45, 7) is 7.98. The van der Waals surface area contributed by atoms with Crippen LogP contribution < -0.4 is 0 Å². The summed E-state index contributed by atoms with van der Waals surface area (Å²) >= 11 is 0. The summed E-state index contributed by atoms with van der Waals surface area (Å²) in [5, 5.41) is 0. The molecule has 0 saturated heterocycles. The van der Waals surface area contributed by atoms with Crippen LogP contribution >= 0.6 is 0 Å². The van der Waals surface area contributed by atoms with Crippen LogP contribution in [0.5, 0.6) is 0 Å². The van der Waals surface area contributed by atoms with Crippen LogP contribution in [0.2, 0.25) is 0 Å². The fourth-order valence-corrected chi connectivity index (χ4v) is 1.18. The van der Waals surface area contributed by atoms with Crippen LogP contribution in [0.3, 0.4) is 0 Å². The van der Waals surface area contributed by atoms with Crippen LogP contribution in [0.1, 0.15) is 52.4 Å². The number of unbranched alkanes of at least 4 members (excludes halogenated alkanes) is 2. The van der Waals surface area contributed by atoms with Gasteiger partial charge in [0.05, 0.1) is 0 Å². The summed E-state index contributed by atoms with van der Waals surface area (Å²) in [4.78, 5) is 0. The Morgan fingerprint density at radius 1 is 1.58 bits per heavy atom. The lowest BCUT2D eigenvalue weighted by molar-refractivity contribution is 0.816. The zero-order valence-electron chi connectivity index (χ0n) is 8.60. The molecule has 0 aliphatic heterocycles. The third-order valence-electron chi connectivity index (χ3n) is 2.03. The van der Waals surface area contributed by atoms with Crippen molar-refractivity contribution in [1.82, 2.24) is 0 Å². The van der Waals surface area contributed by atoms with Crippen LogP contribution in [0.4, 0.5) is 0 Å². The van der Waals surface area contributed by atoms with E-state index in [4.69, 9.17) is 0 Å². The van der Waals surface area contributed by atoms with Gasteiger partial charge in [0, 0.05) is 0 Å². The quantitative estimate of drug-likeness (QED) is 0.428. The second-order valence-corrected chi connectivity index (χ2v) is 3.37. The predicted octanol–water partition coefficient (Wildman–Crippen LogP) is 4.48. The summed E-state index contributed by atoms with van der Waals surface area (Å²) in [6, 6.07) is 0. The first-order valence-corrected chi connectivity index (χ1v) is 5.07. The molecule has 1 rings (SSSR count). The lowest BCUT2D eigenvalue weighted by Crippen LogP contribution is -1.61. The van der Waals surface area contributed by atoms with Gasteiger partial charge in [-0.1, -0.05) is 37.5 Å². The van der Waals surface area contributed by atoms with Crippen molar-refractivity contribution in [3.63, 3.8) is 0 Å². The fraction of sp³-hybridized carbons (Fsp3) is 0.667. The SMILES string of the molecule is C=CCCCC.CC1=CCCC1. The predicted molar refractivity (Wildman–Crippen MR) is 57.3 cm³/mol. The highest BCUT2D eigenvalue weighted by Gasteiger charge is 1.94. The van der Waals surface area contributed by atoms with Crippen molar-refractivity contribution in [1.29, 1.82) is 0 Å². The maximum atomic E-state index is 3.60. The van der Waals surface area contributed by atoms with Crippen molar-refractivity contribution >= 4 is 0 Å². The van der Waals surface area contributed by atoms with E-state index in [2.05, 4.69) is 26.5 Å². The molecule has 0 heterocycles. The van der Waals surface area contributed by atoms with Gasteiger partial charge in [0.15, 0.2) is 0 Å². The van der Waals surface area contributed by atoms with E-state index in [-0.39, 0.29) is 0 Å². The molecule has 0 amide bonds. The summed E-state index contributed by atoms with van der Waals surface area (Å²) < 4.78 is 0. The Labute approximate surface area is 77.4 Å². The lowest BCUT2D eigenvalue weighted by atomic mass is 10.3. The second-order valence-electron chi connectivity index (χ2n) is 3.37. The summed E-state index contributed by atoms with van der Waals surface area (Å²) in [6.07, 6.45) is 12.1. The van der Waals surface area contributed by atoms with Gasteiger partial charge < -0.3 is 0 Å². The molecule has 12 heavy (non-hydrogen) atoms.